The normalized spacial score (nSPS) is 11.2. The Morgan fingerprint density at radius 3 is 2.68 bits per heavy atom. The molecule has 5 aromatic rings. The van der Waals surface area contributed by atoms with Gasteiger partial charge in [-0.1, -0.05) is 23.5 Å². The van der Waals surface area contributed by atoms with Crippen LogP contribution in [0.1, 0.15) is 10.4 Å². The lowest BCUT2D eigenvalue weighted by Gasteiger charge is -2.06. The number of benzene rings is 3. The molecule has 1 amide bonds. The zero-order valence-corrected chi connectivity index (χ0v) is 15.3. The molecule has 0 saturated heterocycles. The molecular weight excluding hydrogens is 375 g/mol. The average Bonchev–Trinajstić information content (AvgIpc) is 3.31. The summed E-state index contributed by atoms with van der Waals surface area (Å²) in [5, 5.41) is 3.22. The highest BCUT2D eigenvalue weighted by molar-refractivity contribution is 7.22. The Balaban J connectivity index is 1.39. The number of carbonyl (C=O) groups is 1. The lowest BCUT2D eigenvalue weighted by molar-refractivity contribution is 0.102. The molecule has 0 unspecified atom stereocenters. The second kappa shape index (κ2) is 6.54. The standard InChI is InChI=1S/C21H13FN4OS/c22-14-7-10-17-19(11-14)28-21(24-17)25-20(27)13-5-8-15(9-6-13)26-12-23-16-3-1-2-4-18(16)26/h1-12H,(H,24,25,27). The van der Waals surface area contributed by atoms with Gasteiger partial charge in [-0.15, -0.1) is 0 Å². The number of fused-ring (bicyclic) bond motifs is 2. The first-order chi connectivity index (χ1) is 13.7. The third kappa shape index (κ3) is 2.91. The molecule has 3 aromatic carbocycles. The van der Waals surface area contributed by atoms with Crippen molar-refractivity contribution in [2.75, 3.05) is 5.32 Å². The molecule has 2 heterocycles. The van der Waals surface area contributed by atoms with Crippen LogP contribution in [0, 0.1) is 5.82 Å². The van der Waals surface area contributed by atoms with E-state index in [1.807, 2.05) is 41.0 Å². The number of thiazole rings is 1. The van der Waals surface area contributed by atoms with Crippen LogP contribution in [0.3, 0.4) is 0 Å². The van der Waals surface area contributed by atoms with Crippen LogP contribution in [0.2, 0.25) is 0 Å². The lowest BCUT2D eigenvalue weighted by atomic mass is 10.2. The van der Waals surface area contributed by atoms with E-state index >= 15 is 0 Å². The van der Waals surface area contributed by atoms with Gasteiger partial charge in [0.1, 0.15) is 12.1 Å². The molecule has 0 fully saturated rings. The van der Waals surface area contributed by atoms with Crippen molar-refractivity contribution in [2.45, 2.75) is 0 Å². The van der Waals surface area contributed by atoms with Crippen molar-refractivity contribution in [3.8, 4) is 5.69 Å². The molecule has 28 heavy (non-hydrogen) atoms. The van der Waals surface area contributed by atoms with E-state index in [4.69, 9.17) is 0 Å². The molecule has 136 valence electrons. The fourth-order valence-electron chi connectivity index (χ4n) is 3.06. The number of hydrogen-bond acceptors (Lipinski definition) is 4. The van der Waals surface area contributed by atoms with Crippen LogP contribution >= 0.6 is 11.3 Å². The Hall–Kier alpha value is -3.58. The lowest BCUT2D eigenvalue weighted by Crippen LogP contribution is -2.11. The largest absolute Gasteiger partial charge is 0.299 e. The van der Waals surface area contributed by atoms with E-state index in [1.165, 1.54) is 23.5 Å². The number of hydrogen-bond donors (Lipinski definition) is 1. The summed E-state index contributed by atoms with van der Waals surface area (Å²) < 4.78 is 16.0. The second-order valence-electron chi connectivity index (χ2n) is 6.24. The minimum Gasteiger partial charge on any atom is -0.299 e. The van der Waals surface area contributed by atoms with E-state index in [2.05, 4.69) is 15.3 Å². The van der Waals surface area contributed by atoms with Crippen LogP contribution in [0.5, 0.6) is 0 Å². The fourth-order valence-corrected chi connectivity index (χ4v) is 3.95. The molecule has 7 heteroatoms. The monoisotopic (exact) mass is 388 g/mol. The SMILES string of the molecule is O=C(Nc1nc2ccc(F)cc2s1)c1ccc(-n2cnc3ccccc32)cc1. The summed E-state index contributed by atoms with van der Waals surface area (Å²) in [7, 11) is 0. The first kappa shape index (κ1) is 16.6. The highest BCUT2D eigenvalue weighted by Gasteiger charge is 2.11. The van der Waals surface area contributed by atoms with Crippen molar-refractivity contribution < 1.29 is 9.18 Å². The van der Waals surface area contributed by atoms with Crippen molar-refractivity contribution in [2.24, 2.45) is 0 Å². The van der Waals surface area contributed by atoms with Crippen LogP contribution < -0.4 is 5.32 Å². The Morgan fingerprint density at radius 1 is 1.00 bits per heavy atom. The molecule has 1 N–H and O–H groups in total. The van der Waals surface area contributed by atoms with Gasteiger partial charge in [0.05, 0.1) is 21.3 Å². The minimum atomic E-state index is -0.323. The second-order valence-corrected chi connectivity index (χ2v) is 7.27. The highest BCUT2D eigenvalue weighted by atomic mass is 32.1. The number of rotatable bonds is 3. The summed E-state index contributed by atoms with van der Waals surface area (Å²) in [6, 6.07) is 19.5. The van der Waals surface area contributed by atoms with E-state index in [0.717, 1.165) is 16.7 Å². The van der Waals surface area contributed by atoms with Crippen molar-refractivity contribution in [1.82, 2.24) is 14.5 Å². The molecule has 0 radical (unpaired) electrons. The van der Waals surface area contributed by atoms with E-state index in [9.17, 15) is 9.18 Å². The van der Waals surface area contributed by atoms with E-state index in [1.54, 1.807) is 24.5 Å². The van der Waals surface area contributed by atoms with Crippen LogP contribution in [-0.2, 0) is 0 Å². The summed E-state index contributed by atoms with van der Waals surface area (Å²) in [5.74, 6) is -0.585. The number of imidazole rings is 1. The Bertz CT molecular complexity index is 1320. The summed E-state index contributed by atoms with van der Waals surface area (Å²) in [6.45, 7) is 0. The summed E-state index contributed by atoms with van der Waals surface area (Å²) >= 11 is 1.24. The summed E-state index contributed by atoms with van der Waals surface area (Å²) in [6.07, 6.45) is 1.76. The number of para-hydroxylation sites is 2. The zero-order chi connectivity index (χ0) is 19.1. The van der Waals surface area contributed by atoms with Gasteiger partial charge >= 0.3 is 0 Å². The number of aromatic nitrogens is 3. The topological polar surface area (TPSA) is 59.8 Å². The van der Waals surface area contributed by atoms with Gasteiger partial charge in [0.2, 0.25) is 0 Å². The van der Waals surface area contributed by atoms with Crippen molar-refractivity contribution in [1.29, 1.82) is 0 Å². The summed E-state index contributed by atoms with van der Waals surface area (Å²) in [5.41, 5.74) is 4.00. The molecule has 0 bridgehead atoms. The van der Waals surface area contributed by atoms with Crippen LogP contribution in [0.15, 0.2) is 73.1 Å². The minimum absolute atomic E-state index is 0.262. The van der Waals surface area contributed by atoms with Gasteiger partial charge in [-0.05, 0) is 54.6 Å². The molecular formula is C21H13FN4OS. The molecule has 2 aromatic heterocycles. The quantitative estimate of drug-likeness (QED) is 0.472. The maximum atomic E-state index is 13.3. The number of carbonyl (C=O) groups excluding carboxylic acids is 1. The van der Waals surface area contributed by atoms with Crippen LogP contribution in [0.25, 0.3) is 26.9 Å². The van der Waals surface area contributed by atoms with Crippen molar-refractivity contribution in [3.05, 3.63) is 84.4 Å². The predicted molar refractivity (Wildman–Crippen MR) is 109 cm³/mol. The van der Waals surface area contributed by atoms with E-state index < -0.39 is 0 Å². The molecule has 0 spiro atoms. The molecule has 0 aliphatic rings. The maximum Gasteiger partial charge on any atom is 0.257 e. The molecule has 0 atom stereocenters. The number of amides is 1. The third-order valence-electron chi connectivity index (χ3n) is 4.43. The van der Waals surface area contributed by atoms with Crippen molar-refractivity contribution in [3.63, 3.8) is 0 Å². The Kier molecular flexibility index (Phi) is 3.87. The zero-order valence-electron chi connectivity index (χ0n) is 14.5. The number of halogens is 1. The van der Waals surface area contributed by atoms with Crippen LogP contribution in [-0.4, -0.2) is 20.4 Å². The number of anilines is 1. The average molecular weight is 388 g/mol. The first-order valence-electron chi connectivity index (χ1n) is 8.57. The molecule has 0 saturated carbocycles. The van der Waals surface area contributed by atoms with E-state index in [0.29, 0.717) is 20.9 Å². The predicted octanol–water partition coefficient (Wildman–Crippen LogP) is 5.03. The van der Waals surface area contributed by atoms with Gasteiger partial charge in [-0.25, -0.2) is 14.4 Å². The Morgan fingerprint density at radius 2 is 1.82 bits per heavy atom. The highest BCUT2D eigenvalue weighted by Crippen LogP contribution is 2.27. The summed E-state index contributed by atoms with van der Waals surface area (Å²) in [4.78, 5) is 21.2. The van der Waals surface area contributed by atoms with Crippen molar-refractivity contribution >= 4 is 43.6 Å². The Labute approximate surface area is 163 Å². The van der Waals surface area contributed by atoms with Gasteiger partial charge < -0.3 is 0 Å². The molecule has 0 aliphatic carbocycles. The fraction of sp³-hybridized carbons (Fsp3) is 0. The van der Waals surface area contributed by atoms with Crippen LogP contribution in [0.4, 0.5) is 9.52 Å². The number of nitrogens with one attached hydrogen (secondary N) is 1. The smallest absolute Gasteiger partial charge is 0.257 e. The van der Waals surface area contributed by atoms with Gasteiger partial charge in [-0.3, -0.25) is 14.7 Å². The van der Waals surface area contributed by atoms with Gasteiger partial charge in [0, 0.05) is 11.3 Å². The molecule has 0 aliphatic heterocycles. The van der Waals surface area contributed by atoms with Gasteiger partial charge in [0.15, 0.2) is 5.13 Å². The van der Waals surface area contributed by atoms with Gasteiger partial charge in [0.25, 0.3) is 5.91 Å². The number of nitrogens with zero attached hydrogens (tertiary/aromatic N) is 3. The van der Waals surface area contributed by atoms with E-state index in [-0.39, 0.29) is 11.7 Å². The molecule has 5 rings (SSSR count). The molecule has 5 nitrogen and oxygen atoms in total. The maximum absolute atomic E-state index is 13.3. The van der Waals surface area contributed by atoms with Gasteiger partial charge in [-0.2, -0.15) is 0 Å². The first-order valence-corrected chi connectivity index (χ1v) is 9.39. The third-order valence-corrected chi connectivity index (χ3v) is 5.37.